The van der Waals surface area contributed by atoms with Crippen LogP contribution in [0.15, 0.2) is 163 Å². The van der Waals surface area contributed by atoms with E-state index in [2.05, 4.69) is 135 Å². The van der Waals surface area contributed by atoms with Gasteiger partial charge in [0.1, 0.15) is 0 Å². The summed E-state index contributed by atoms with van der Waals surface area (Å²) in [4.78, 5) is 10.3. The van der Waals surface area contributed by atoms with E-state index in [1.807, 2.05) is 31.2 Å². The summed E-state index contributed by atoms with van der Waals surface area (Å²) in [5.74, 6) is 0.722. The zero-order chi connectivity index (χ0) is 30.5. The van der Waals surface area contributed by atoms with Crippen LogP contribution in [0.4, 0.5) is 0 Å². The average molecular weight is 577 g/mol. The van der Waals surface area contributed by atoms with Crippen molar-refractivity contribution < 1.29 is 0 Å². The third kappa shape index (κ3) is 4.10. The number of hydrogen-bond donors (Lipinski definition) is 0. The van der Waals surface area contributed by atoms with Gasteiger partial charge in [-0.3, -0.25) is 0 Å². The molecule has 2 aliphatic rings. The lowest BCUT2D eigenvalue weighted by atomic mass is 9.70. The van der Waals surface area contributed by atoms with Crippen molar-refractivity contribution >= 4 is 5.57 Å². The Morgan fingerprint density at radius 1 is 0.600 bits per heavy atom. The molecule has 0 N–H and O–H groups in total. The Hall–Kier alpha value is -5.60. The molecule has 0 radical (unpaired) electrons. The highest BCUT2D eigenvalue weighted by molar-refractivity contribution is 6.00. The van der Waals surface area contributed by atoms with Crippen molar-refractivity contribution in [2.45, 2.75) is 19.3 Å². The van der Waals surface area contributed by atoms with E-state index in [0.717, 1.165) is 39.5 Å². The molecule has 0 bridgehead atoms. The minimum absolute atomic E-state index is 0.398. The van der Waals surface area contributed by atoms with Crippen LogP contribution in [-0.4, -0.2) is 9.97 Å². The van der Waals surface area contributed by atoms with Crippen LogP contribution >= 0.6 is 0 Å². The van der Waals surface area contributed by atoms with Gasteiger partial charge in [-0.2, -0.15) is 0 Å². The van der Waals surface area contributed by atoms with Crippen molar-refractivity contribution in [1.29, 1.82) is 0 Å². The van der Waals surface area contributed by atoms with E-state index >= 15 is 0 Å². The Morgan fingerprint density at radius 3 is 1.87 bits per heavy atom. The van der Waals surface area contributed by atoms with Gasteiger partial charge >= 0.3 is 0 Å². The van der Waals surface area contributed by atoms with E-state index in [1.165, 1.54) is 44.5 Å². The molecule has 0 fully saturated rings. The number of aromatic nitrogens is 2. The van der Waals surface area contributed by atoms with Gasteiger partial charge in [-0.05, 0) is 64.4 Å². The second-order valence-electron chi connectivity index (χ2n) is 12.0. The summed E-state index contributed by atoms with van der Waals surface area (Å²) < 4.78 is 0. The van der Waals surface area contributed by atoms with E-state index in [4.69, 9.17) is 9.97 Å². The number of hydrogen-bond acceptors (Lipinski definition) is 2. The molecule has 1 heterocycles. The van der Waals surface area contributed by atoms with Crippen molar-refractivity contribution in [1.82, 2.24) is 9.97 Å². The van der Waals surface area contributed by atoms with Gasteiger partial charge in [-0.15, -0.1) is 0 Å². The molecule has 8 rings (SSSR count). The number of benzene rings is 5. The van der Waals surface area contributed by atoms with Crippen molar-refractivity contribution in [3.8, 4) is 45.0 Å². The predicted molar refractivity (Wildman–Crippen MR) is 187 cm³/mol. The highest BCUT2D eigenvalue weighted by Crippen LogP contribution is 2.63. The molecule has 1 spiro atoms. The van der Waals surface area contributed by atoms with Crippen molar-refractivity contribution in [3.63, 3.8) is 0 Å². The van der Waals surface area contributed by atoms with Crippen LogP contribution in [0.25, 0.3) is 50.6 Å². The first kappa shape index (κ1) is 27.0. The summed E-state index contributed by atoms with van der Waals surface area (Å²) >= 11 is 0. The summed E-state index contributed by atoms with van der Waals surface area (Å²) in [7, 11) is 0. The lowest BCUT2D eigenvalue weighted by Crippen LogP contribution is -2.26. The summed E-state index contributed by atoms with van der Waals surface area (Å²) in [6.07, 6.45) is 4.38. The van der Waals surface area contributed by atoms with Gasteiger partial charge < -0.3 is 0 Å². The van der Waals surface area contributed by atoms with E-state index < -0.39 is 5.41 Å². The summed E-state index contributed by atoms with van der Waals surface area (Å²) in [5, 5.41) is 0. The van der Waals surface area contributed by atoms with E-state index in [9.17, 15) is 0 Å². The molecule has 214 valence electrons. The van der Waals surface area contributed by atoms with Gasteiger partial charge in [0.25, 0.3) is 0 Å². The van der Waals surface area contributed by atoms with Crippen molar-refractivity contribution in [2.75, 3.05) is 0 Å². The summed E-state index contributed by atoms with van der Waals surface area (Å²) in [6, 6.07) is 47.4. The molecule has 0 amide bonds. The fourth-order valence-corrected chi connectivity index (χ4v) is 7.39. The maximum absolute atomic E-state index is 5.25. The molecule has 1 aromatic heterocycles. The molecular weight excluding hydrogens is 544 g/mol. The van der Waals surface area contributed by atoms with Gasteiger partial charge in [0, 0.05) is 16.7 Å². The number of rotatable bonds is 5. The van der Waals surface area contributed by atoms with E-state index in [1.54, 1.807) is 0 Å². The molecule has 2 heteroatoms. The molecule has 1 unspecified atom stereocenters. The van der Waals surface area contributed by atoms with Crippen molar-refractivity contribution in [2.24, 2.45) is 0 Å². The highest BCUT2D eigenvalue weighted by Gasteiger charge is 2.51. The predicted octanol–water partition coefficient (Wildman–Crippen LogP) is 10.7. The Morgan fingerprint density at radius 2 is 1.16 bits per heavy atom. The molecule has 0 saturated heterocycles. The molecule has 6 aromatic rings. The molecule has 0 aliphatic heterocycles. The van der Waals surface area contributed by atoms with Gasteiger partial charge in [0.2, 0.25) is 0 Å². The normalized spacial score (nSPS) is 16.2. The quantitative estimate of drug-likeness (QED) is 0.191. The molecule has 5 aromatic carbocycles. The molecule has 2 nitrogen and oxygen atoms in total. The van der Waals surface area contributed by atoms with Crippen LogP contribution in [0.1, 0.15) is 36.1 Å². The number of fused-ring (bicyclic) bond motifs is 7. The first-order chi connectivity index (χ1) is 22.1. The standard InChI is InChI=1S/C43H32N2/c1-28(2)25-26-32-29(3)43(36-22-12-10-19-33(32)36)37-23-13-11-20-34(37)41-35(21-14-24-38(41)43)40-27-39(30-15-6-4-7-16-30)44-42(45-40)31-17-8-5-9-18-31/h4-27H,1H2,2-3H3. The fraction of sp³-hybridized carbons (Fsp3) is 0.0698. The van der Waals surface area contributed by atoms with Crippen LogP contribution in [0.2, 0.25) is 0 Å². The second-order valence-corrected chi connectivity index (χ2v) is 12.0. The van der Waals surface area contributed by atoms with Crippen molar-refractivity contribution in [3.05, 3.63) is 186 Å². The molecular formula is C43H32N2. The van der Waals surface area contributed by atoms with Gasteiger partial charge in [0.15, 0.2) is 5.82 Å². The minimum Gasteiger partial charge on any atom is -0.228 e. The molecule has 0 saturated carbocycles. The lowest BCUT2D eigenvalue weighted by Gasteiger charge is -2.31. The Labute approximate surface area is 264 Å². The lowest BCUT2D eigenvalue weighted by molar-refractivity contribution is 0.766. The Bertz CT molecular complexity index is 2130. The molecule has 2 aliphatic carbocycles. The van der Waals surface area contributed by atoms with Gasteiger partial charge in [-0.1, -0.05) is 152 Å². The third-order valence-corrected chi connectivity index (χ3v) is 9.29. The highest BCUT2D eigenvalue weighted by atomic mass is 14.9. The molecule has 45 heavy (non-hydrogen) atoms. The maximum atomic E-state index is 5.25. The Balaban J connectivity index is 1.43. The van der Waals surface area contributed by atoms with E-state index in [-0.39, 0.29) is 0 Å². The minimum atomic E-state index is -0.398. The van der Waals surface area contributed by atoms with Gasteiger partial charge in [-0.25, -0.2) is 9.97 Å². The fourth-order valence-electron chi connectivity index (χ4n) is 7.39. The van der Waals surface area contributed by atoms with E-state index in [0.29, 0.717) is 0 Å². The van der Waals surface area contributed by atoms with Crippen LogP contribution in [-0.2, 0) is 5.41 Å². The largest absolute Gasteiger partial charge is 0.228 e. The topological polar surface area (TPSA) is 25.8 Å². The smallest absolute Gasteiger partial charge is 0.160 e. The summed E-state index contributed by atoms with van der Waals surface area (Å²) in [6.45, 7) is 8.49. The van der Waals surface area contributed by atoms with Gasteiger partial charge in [0.05, 0.1) is 16.8 Å². The SMILES string of the molecule is C=C(C)C=CC1=C(C)C2(c3ccccc31)c1ccccc1-c1c(-c3cc(-c4ccccc4)nc(-c4ccccc4)n3)cccc12. The second kappa shape index (κ2) is 10.5. The average Bonchev–Trinajstić information content (AvgIpc) is 3.53. The first-order valence-electron chi connectivity index (χ1n) is 15.5. The first-order valence-corrected chi connectivity index (χ1v) is 15.5. The zero-order valence-electron chi connectivity index (χ0n) is 25.5. The third-order valence-electron chi connectivity index (χ3n) is 9.29. The number of nitrogens with zero attached hydrogens (tertiary/aromatic N) is 2. The monoisotopic (exact) mass is 576 g/mol. The van der Waals surface area contributed by atoms with Crippen LogP contribution in [0.5, 0.6) is 0 Å². The van der Waals surface area contributed by atoms with Crippen LogP contribution in [0, 0.1) is 0 Å². The summed E-state index contributed by atoms with van der Waals surface area (Å²) in [5.41, 5.74) is 16.0. The van der Waals surface area contributed by atoms with Crippen LogP contribution < -0.4 is 0 Å². The number of allylic oxidation sites excluding steroid dienone is 5. The zero-order valence-corrected chi connectivity index (χ0v) is 25.5. The Kier molecular flexibility index (Phi) is 6.32. The maximum Gasteiger partial charge on any atom is 0.160 e. The van der Waals surface area contributed by atoms with Crippen LogP contribution in [0.3, 0.4) is 0 Å². The molecule has 1 atom stereocenters.